The van der Waals surface area contributed by atoms with E-state index in [1.54, 1.807) is 0 Å². The van der Waals surface area contributed by atoms with Crippen LogP contribution in [-0.4, -0.2) is 15.1 Å². The molecule has 2 aromatic rings. The molecule has 1 saturated carbocycles. The van der Waals surface area contributed by atoms with Crippen LogP contribution in [0.25, 0.3) is 11.0 Å². The van der Waals surface area contributed by atoms with E-state index >= 15 is 0 Å². The van der Waals surface area contributed by atoms with Crippen molar-refractivity contribution in [3.8, 4) is 0 Å². The van der Waals surface area contributed by atoms with Crippen LogP contribution in [0.5, 0.6) is 0 Å². The maximum Gasteiger partial charge on any atom is 0.142 e. The van der Waals surface area contributed by atoms with E-state index in [9.17, 15) is 4.39 Å². The molecular formula is C13H16FN3. The lowest BCUT2D eigenvalue weighted by atomic mass is 10.1. The lowest BCUT2D eigenvalue weighted by Gasteiger charge is -2.08. The van der Waals surface area contributed by atoms with Gasteiger partial charge >= 0.3 is 0 Å². The van der Waals surface area contributed by atoms with Crippen LogP contribution in [0, 0.1) is 5.82 Å². The number of aromatic nitrogens is 2. The van der Waals surface area contributed by atoms with Crippen molar-refractivity contribution in [2.24, 2.45) is 12.8 Å². The van der Waals surface area contributed by atoms with Gasteiger partial charge in [0, 0.05) is 23.7 Å². The summed E-state index contributed by atoms with van der Waals surface area (Å²) in [6, 6.07) is 3.54. The molecule has 0 spiro atoms. The molecule has 0 aromatic carbocycles. The van der Waals surface area contributed by atoms with Crippen LogP contribution in [0.3, 0.4) is 0 Å². The van der Waals surface area contributed by atoms with Gasteiger partial charge in [0.05, 0.1) is 6.20 Å². The second kappa shape index (κ2) is 3.53. The summed E-state index contributed by atoms with van der Waals surface area (Å²) in [5, 5.41) is 0.865. The van der Waals surface area contributed by atoms with Gasteiger partial charge in [-0.1, -0.05) is 0 Å². The molecular weight excluding hydrogens is 217 g/mol. The van der Waals surface area contributed by atoms with Gasteiger partial charge in [0.1, 0.15) is 11.5 Å². The monoisotopic (exact) mass is 233 g/mol. The Morgan fingerprint density at radius 2 is 2.24 bits per heavy atom. The Kier molecular flexibility index (Phi) is 2.23. The van der Waals surface area contributed by atoms with E-state index in [1.165, 1.54) is 18.0 Å². The van der Waals surface area contributed by atoms with E-state index in [0.717, 1.165) is 36.7 Å². The first-order valence-electron chi connectivity index (χ1n) is 5.96. The summed E-state index contributed by atoms with van der Waals surface area (Å²) in [5.74, 6) is -0.285. The molecule has 2 aromatic heterocycles. The SMILES string of the molecule is Cn1c(CCC2(N)CC2)cc2cc(F)cnc21. The van der Waals surface area contributed by atoms with Crippen molar-refractivity contribution in [1.29, 1.82) is 0 Å². The Hall–Kier alpha value is -1.42. The van der Waals surface area contributed by atoms with Gasteiger partial charge in [-0.2, -0.15) is 0 Å². The second-order valence-corrected chi connectivity index (χ2v) is 5.12. The number of hydrogen-bond donors (Lipinski definition) is 1. The molecule has 0 amide bonds. The van der Waals surface area contributed by atoms with Gasteiger partial charge in [0.25, 0.3) is 0 Å². The van der Waals surface area contributed by atoms with E-state index in [-0.39, 0.29) is 11.4 Å². The third kappa shape index (κ3) is 1.93. The fraction of sp³-hybridized carbons (Fsp3) is 0.462. The molecule has 0 aliphatic heterocycles. The maximum absolute atomic E-state index is 13.1. The first kappa shape index (κ1) is 10.7. The fourth-order valence-corrected chi connectivity index (χ4v) is 2.27. The van der Waals surface area contributed by atoms with Crippen LogP contribution in [-0.2, 0) is 13.5 Å². The van der Waals surface area contributed by atoms with E-state index in [1.807, 2.05) is 17.7 Å². The van der Waals surface area contributed by atoms with Gasteiger partial charge in [-0.15, -0.1) is 0 Å². The number of fused-ring (bicyclic) bond motifs is 1. The summed E-state index contributed by atoms with van der Waals surface area (Å²) < 4.78 is 15.1. The Morgan fingerprint density at radius 3 is 2.94 bits per heavy atom. The molecule has 17 heavy (non-hydrogen) atoms. The topological polar surface area (TPSA) is 43.8 Å². The summed E-state index contributed by atoms with van der Waals surface area (Å²) >= 11 is 0. The quantitative estimate of drug-likeness (QED) is 0.882. The Morgan fingerprint density at radius 1 is 1.47 bits per heavy atom. The molecule has 0 saturated heterocycles. The zero-order valence-electron chi connectivity index (χ0n) is 9.91. The molecule has 2 N–H and O–H groups in total. The predicted molar refractivity (Wildman–Crippen MR) is 65.1 cm³/mol. The zero-order valence-corrected chi connectivity index (χ0v) is 9.91. The van der Waals surface area contributed by atoms with Crippen LogP contribution in [0.4, 0.5) is 4.39 Å². The van der Waals surface area contributed by atoms with Crippen LogP contribution in [0.15, 0.2) is 18.3 Å². The van der Waals surface area contributed by atoms with Gasteiger partial charge in [0.2, 0.25) is 0 Å². The van der Waals surface area contributed by atoms with Crippen molar-refractivity contribution in [2.75, 3.05) is 0 Å². The van der Waals surface area contributed by atoms with Gasteiger partial charge in [-0.05, 0) is 37.8 Å². The van der Waals surface area contributed by atoms with Crippen molar-refractivity contribution in [2.45, 2.75) is 31.2 Å². The number of pyridine rings is 1. The van der Waals surface area contributed by atoms with Crippen molar-refractivity contribution in [3.05, 3.63) is 29.8 Å². The van der Waals surface area contributed by atoms with E-state index in [0.29, 0.717) is 0 Å². The lowest BCUT2D eigenvalue weighted by Crippen LogP contribution is -2.22. The van der Waals surface area contributed by atoms with Crippen molar-refractivity contribution < 1.29 is 4.39 Å². The highest BCUT2D eigenvalue weighted by atomic mass is 19.1. The zero-order chi connectivity index (χ0) is 12.0. The molecule has 90 valence electrons. The first-order chi connectivity index (χ1) is 8.07. The Bertz CT molecular complexity index is 569. The van der Waals surface area contributed by atoms with Crippen LogP contribution in [0.1, 0.15) is 25.0 Å². The molecule has 1 aliphatic carbocycles. The average molecular weight is 233 g/mol. The Labute approximate surface area is 99.4 Å². The molecule has 3 rings (SSSR count). The standard InChI is InChI=1S/C13H16FN3/c1-17-11(2-3-13(15)4-5-13)7-9-6-10(14)8-16-12(9)17/h6-8H,2-5,15H2,1H3. The first-order valence-corrected chi connectivity index (χ1v) is 5.96. The number of rotatable bonds is 3. The van der Waals surface area contributed by atoms with E-state index in [2.05, 4.69) is 4.98 Å². The van der Waals surface area contributed by atoms with Crippen molar-refractivity contribution >= 4 is 11.0 Å². The normalized spacial score (nSPS) is 17.6. The maximum atomic E-state index is 13.1. The van der Waals surface area contributed by atoms with Gasteiger partial charge in [0.15, 0.2) is 0 Å². The minimum absolute atomic E-state index is 0.0646. The molecule has 3 nitrogen and oxygen atoms in total. The van der Waals surface area contributed by atoms with Crippen molar-refractivity contribution in [1.82, 2.24) is 9.55 Å². The minimum Gasteiger partial charge on any atom is -0.333 e. The summed E-state index contributed by atoms with van der Waals surface area (Å²) in [6.45, 7) is 0. The second-order valence-electron chi connectivity index (χ2n) is 5.12. The number of aryl methyl sites for hydroxylation is 2. The summed E-state index contributed by atoms with van der Waals surface area (Å²) in [4.78, 5) is 4.12. The molecule has 0 radical (unpaired) electrons. The third-order valence-electron chi connectivity index (χ3n) is 3.70. The highest BCUT2D eigenvalue weighted by Crippen LogP contribution is 2.36. The van der Waals surface area contributed by atoms with Crippen LogP contribution in [0.2, 0.25) is 0 Å². The summed E-state index contributed by atoms with van der Waals surface area (Å²) in [7, 11) is 1.97. The minimum atomic E-state index is -0.285. The van der Waals surface area contributed by atoms with Gasteiger partial charge < -0.3 is 10.3 Å². The number of halogens is 1. The molecule has 1 aliphatic rings. The molecule has 0 atom stereocenters. The molecule has 2 heterocycles. The summed E-state index contributed by atoms with van der Waals surface area (Å²) in [6.07, 6.45) is 5.45. The molecule has 0 bridgehead atoms. The van der Waals surface area contributed by atoms with Gasteiger partial charge in [-0.3, -0.25) is 0 Å². The van der Waals surface area contributed by atoms with Gasteiger partial charge in [-0.25, -0.2) is 9.37 Å². The Balaban J connectivity index is 1.91. The molecule has 1 fully saturated rings. The third-order valence-corrected chi connectivity index (χ3v) is 3.70. The van der Waals surface area contributed by atoms with E-state index < -0.39 is 0 Å². The highest BCUT2D eigenvalue weighted by Gasteiger charge is 2.37. The fourth-order valence-electron chi connectivity index (χ4n) is 2.27. The van der Waals surface area contributed by atoms with Crippen LogP contribution < -0.4 is 5.73 Å². The summed E-state index contributed by atoms with van der Waals surface area (Å²) in [5.41, 5.74) is 8.15. The number of hydrogen-bond acceptors (Lipinski definition) is 2. The lowest BCUT2D eigenvalue weighted by molar-refractivity contribution is 0.595. The number of nitrogens with zero attached hydrogens (tertiary/aromatic N) is 2. The molecule has 4 heteroatoms. The highest BCUT2D eigenvalue weighted by molar-refractivity contribution is 5.77. The van der Waals surface area contributed by atoms with Crippen molar-refractivity contribution in [3.63, 3.8) is 0 Å². The van der Waals surface area contributed by atoms with E-state index in [4.69, 9.17) is 5.73 Å². The smallest absolute Gasteiger partial charge is 0.142 e. The number of nitrogens with two attached hydrogens (primary N) is 1. The molecule has 0 unspecified atom stereocenters. The van der Waals surface area contributed by atoms with Crippen LogP contribution >= 0.6 is 0 Å². The predicted octanol–water partition coefficient (Wildman–Crippen LogP) is 2.14. The largest absolute Gasteiger partial charge is 0.333 e. The average Bonchev–Trinajstić information content (AvgIpc) is 2.94.